The van der Waals surface area contributed by atoms with E-state index in [9.17, 15) is 0 Å². The number of hydrogen-bond donors (Lipinski definition) is 0. The van der Waals surface area contributed by atoms with Crippen LogP contribution in [0.2, 0.25) is 0 Å². The SMILES string of the molecule is CCCCOC(C)CC(OCCCC)OCCCC. The van der Waals surface area contributed by atoms with Gasteiger partial charge in [-0.1, -0.05) is 40.0 Å². The predicted octanol–water partition coefficient (Wildman–Crippen LogP) is 4.54. The highest BCUT2D eigenvalue weighted by atomic mass is 16.7. The minimum Gasteiger partial charge on any atom is -0.378 e. The molecule has 0 aliphatic carbocycles. The molecule has 0 radical (unpaired) electrons. The van der Waals surface area contributed by atoms with Crippen molar-refractivity contribution in [2.75, 3.05) is 19.8 Å². The molecule has 0 aromatic heterocycles. The van der Waals surface area contributed by atoms with Gasteiger partial charge in [0.05, 0.1) is 6.10 Å². The van der Waals surface area contributed by atoms with E-state index in [1.165, 1.54) is 6.42 Å². The molecule has 0 spiro atoms. The Morgan fingerprint density at radius 1 is 0.684 bits per heavy atom. The second-order valence-electron chi connectivity index (χ2n) is 5.15. The van der Waals surface area contributed by atoms with E-state index in [-0.39, 0.29) is 12.4 Å². The highest BCUT2D eigenvalue weighted by Crippen LogP contribution is 2.10. The second-order valence-corrected chi connectivity index (χ2v) is 5.15. The Bertz CT molecular complexity index is 163. The number of rotatable bonds is 14. The van der Waals surface area contributed by atoms with Gasteiger partial charge in [-0.15, -0.1) is 0 Å². The van der Waals surface area contributed by atoms with Gasteiger partial charge < -0.3 is 14.2 Å². The largest absolute Gasteiger partial charge is 0.378 e. The van der Waals surface area contributed by atoms with E-state index in [1.807, 2.05) is 0 Å². The lowest BCUT2D eigenvalue weighted by atomic mass is 10.2. The molecule has 0 saturated heterocycles. The molecule has 3 heteroatoms. The standard InChI is InChI=1S/C16H34O3/c1-5-8-11-17-15(4)14-16(18-12-9-6-2)19-13-10-7-3/h15-16H,5-14H2,1-4H3. The van der Waals surface area contributed by atoms with Crippen LogP contribution in [0.25, 0.3) is 0 Å². The summed E-state index contributed by atoms with van der Waals surface area (Å²) in [6.07, 6.45) is 7.75. The molecular weight excluding hydrogens is 240 g/mol. The van der Waals surface area contributed by atoms with Gasteiger partial charge in [0.2, 0.25) is 0 Å². The van der Waals surface area contributed by atoms with Gasteiger partial charge in [0.25, 0.3) is 0 Å². The first-order chi connectivity index (χ1) is 9.24. The van der Waals surface area contributed by atoms with Crippen molar-refractivity contribution in [3.05, 3.63) is 0 Å². The molecule has 1 atom stereocenters. The van der Waals surface area contributed by atoms with Gasteiger partial charge in [-0.3, -0.25) is 0 Å². The molecule has 0 saturated carbocycles. The monoisotopic (exact) mass is 274 g/mol. The first kappa shape index (κ1) is 18.9. The van der Waals surface area contributed by atoms with Crippen LogP contribution in [0.1, 0.15) is 72.6 Å². The van der Waals surface area contributed by atoms with Gasteiger partial charge in [0.1, 0.15) is 0 Å². The highest BCUT2D eigenvalue weighted by molar-refractivity contribution is 4.56. The Labute approximate surface area is 120 Å². The molecule has 0 aromatic carbocycles. The lowest BCUT2D eigenvalue weighted by Crippen LogP contribution is -2.25. The molecule has 19 heavy (non-hydrogen) atoms. The quantitative estimate of drug-likeness (QED) is 0.344. The Kier molecular flexibility index (Phi) is 14.2. The Morgan fingerprint density at radius 3 is 1.53 bits per heavy atom. The van der Waals surface area contributed by atoms with Crippen molar-refractivity contribution in [2.24, 2.45) is 0 Å². The summed E-state index contributed by atoms with van der Waals surface area (Å²) in [5.41, 5.74) is 0. The van der Waals surface area contributed by atoms with Crippen LogP contribution in [0.4, 0.5) is 0 Å². The van der Waals surface area contributed by atoms with Gasteiger partial charge in [-0.05, 0) is 26.2 Å². The van der Waals surface area contributed by atoms with Crippen LogP contribution in [0.15, 0.2) is 0 Å². The van der Waals surface area contributed by atoms with E-state index in [0.717, 1.165) is 58.3 Å². The van der Waals surface area contributed by atoms with E-state index < -0.39 is 0 Å². The van der Waals surface area contributed by atoms with Crippen molar-refractivity contribution in [1.29, 1.82) is 0 Å². The smallest absolute Gasteiger partial charge is 0.160 e. The van der Waals surface area contributed by atoms with Crippen molar-refractivity contribution in [1.82, 2.24) is 0 Å². The molecule has 116 valence electrons. The first-order valence-electron chi connectivity index (χ1n) is 8.09. The van der Waals surface area contributed by atoms with E-state index >= 15 is 0 Å². The molecule has 3 nitrogen and oxygen atoms in total. The van der Waals surface area contributed by atoms with Crippen molar-refractivity contribution in [2.45, 2.75) is 85.0 Å². The predicted molar refractivity (Wildman–Crippen MR) is 80.4 cm³/mol. The molecule has 1 unspecified atom stereocenters. The maximum atomic E-state index is 5.80. The van der Waals surface area contributed by atoms with Crippen LogP contribution in [0.3, 0.4) is 0 Å². The maximum Gasteiger partial charge on any atom is 0.160 e. The molecule has 0 aliphatic heterocycles. The molecular formula is C16H34O3. The van der Waals surface area contributed by atoms with E-state index in [4.69, 9.17) is 14.2 Å². The Balaban J connectivity index is 3.86. The van der Waals surface area contributed by atoms with E-state index in [0.29, 0.717) is 0 Å². The molecule has 0 fully saturated rings. The van der Waals surface area contributed by atoms with Crippen LogP contribution < -0.4 is 0 Å². The average molecular weight is 274 g/mol. The third kappa shape index (κ3) is 12.6. The summed E-state index contributed by atoms with van der Waals surface area (Å²) in [5, 5.41) is 0. The van der Waals surface area contributed by atoms with Crippen LogP contribution in [-0.2, 0) is 14.2 Å². The normalized spacial score (nSPS) is 13.1. The second kappa shape index (κ2) is 14.3. The molecule has 0 rings (SSSR count). The lowest BCUT2D eigenvalue weighted by Gasteiger charge is -2.22. The molecule has 0 N–H and O–H groups in total. The van der Waals surface area contributed by atoms with Crippen LogP contribution in [0.5, 0.6) is 0 Å². The lowest BCUT2D eigenvalue weighted by molar-refractivity contribution is -0.162. The summed E-state index contributed by atoms with van der Waals surface area (Å²) in [7, 11) is 0. The van der Waals surface area contributed by atoms with Gasteiger partial charge in [-0.25, -0.2) is 0 Å². The van der Waals surface area contributed by atoms with Crippen LogP contribution >= 0.6 is 0 Å². The van der Waals surface area contributed by atoms with Gasteiger partial charge in [-0.2, -0.15) is 0 Å². The van der Waals surface area contributed by atoms with Crippen molar-refractivity contribution in [3.63, 3.8) is 0 Å². The fraction of sp³-hybridized carbons (Fsp3) is 1.00. The molecule has 0 bridgehead atoms. The number of ether oxygens (including phenoxy) is 3. The van der Waals surface area contributed by atoms with Gasteiger partial charge in [0.15, 0.2) is 6.29 Å². The summed E-state index contributed by atoms with van der Waals surface area (Å²) >= 11 is 0. The summed E-state index contributed by atoms with van der Waals surface area (Å²) in [6.45, 7) is 11.0. The summed E-state index contributed by atoms with van der Waals surface area (Å²) < 4.78 is 17.4. The third-order valence-corrected chi connectivity index (χ3v) is 3.03. The Morgan fingerprint density at radius 2 is 1.11 bits per heavy atom. The zero-order valence-corrected chi connectivity index (χ0v) is 13.5. The minimum atomic E-state index is -0.102. The van der Waals surface area contributed by atoms with E-state index in [1.54, 1.807) is 0 Å². The fourth-order valence-corrected chi connectivity index (χ4v) is 1.67. The highest BCUT2D eigenvalue weighted by Gasteiger charge is 2.14. The summed E-state index contributed by atoms with van der Waals surface area (Å²) in [6, 6.07) is 0. The zero-order valence-electron chi connectivity index (χ0n) is 13.5. The summed E-state index contributed by atoms with van der Waals surface area (Å²) in [5.74, 6) is 0. The van der Waals surface area contributed by atoms with Gasteiger partial charge in [0, 0.05) is 26.2 Å². The minimum absolute atomic E-state index is 0.102. The summed E-state index contributed by atoms with van der Waals surface area (Å²) in [4.78, 5) is 0. The van der Waals surface area contributed by atoms with Crippen LogP contribution in [-0.4, -0.2) is 32.2 Å². The zero-order chi connectivity index (χ0) is 14.3. The Hall–Kier alpha value is -0.120. The molecule has 0 aliphatic rings. The van der Waals surface area contributed by atoms with Crippen LogP contribution in [0, 0.1) is 0 Å². The third-order valence-electron chi connectivity index (χ3n) is 3.03. The molecule has 0 amide bonds. The number of unbranched alkanes of at least 4 members (excludes halogenated alkanes) is 3. The molecule has 0 heterocycles. The molecule has 0 aromatic rings. The van der Waals surface area contributed by atoms with Crippen molar-refractivity contribution in [3.8, 4) is 0 Å². The fourth-order valence-electron chi connectivity index (χ4n) is 1.67. The van der Waals surface area contributed by atoms with E-state index in [2.05, 4.69) is 27.7 Å². The average Bonchev–Trinajstić information content (AvgIpc) is 2.39. The number of hydrogen-bond acceptors (Lipinski definition) is 3. The maximum absolute atomic E-state index is 5.80. The van der Waals surface area contributed by atoms with Crippen molar-refractivity contribution < 1.29 is 14.2 Å². The van der Waals surface area contributed by atoms with Gasteiger partial charge >= 0.3 is 0 Å². The topological polar surface area (TPSA) is 27.7 Å². The van der Waals surface area contributed by atoms with Crippen molar-refractivity contribution >= 4 is 0 Å². The first-order valence-corrected chi connectivity index (χ1v) is 8.09.